The predicted molar refractivity (Wildman–Crippen MR) is 170 cm³/mol. The van der Waals surface area contributed by atoms with Crippen molar-refractivity contribution in [2.45, 2.75) is 26.2 Å². The summed E-state index contributed by atoms with van der Waals surface area (Å²) in [5.74, 6) is -1.60. The fraction of sp³-hybridized carbons (Fsp3) is 0.265. The molecule has 3 fully saturated rings. The van der Waals surface area contributed by atoms with E-state index in [1.54, 1.807) is 49.4 Å². The van der Waals surface area contributed by atoms with Gasteiger partial charge in [0, 0.05) is 27.6 Å². The number of aryl methyl sites for hydroxylation is 1. The standard InChI is InChI=1S/C34H25Cl2N3O7/c1-16-24(35)11-9-22-23(34(43)46-15-28(40)18-6-10-25(36)27(13-18)39(44)45)14-26(37-31(16)22)17-4-7-21(8-5-17)38-32(41)29-19-2-3-20(12-19)30(29)33(38)42/h4-11,13-14,19-20,29-30H,2-3,12,15H2,1H3. The molecule has 0 N–H and O–H groups in total. The van der Waals surface area contributed by atoms with Gasteiger partial charge in [0.2, 0.25) is 17.6 Å². The van der Waals surface area contributed by atoms with Gasteiger partial charge in [-0.05, 0) is 80.0 Å². The maximum atomic E-state index is 13.4. The lowest BCUT2D eigenvalue weighted by Gasteiger charge is -2.19. The van der Waals surface area contributed by atoms with Crippen molar-refractivity contribution < 1.29 is 28.8 Å². The van der Waals surface area contributed by atoms with Crippen molar-refractivity contribution in [3.63, 3.8) is 0 Å². The van der Waals surface area contributed by atoms with Crippen molar-refractivity contribution in [1.82, 2.24) is 4.98 Å². The lowest BCUT2D eigenvalue weighted by molar-refractivity contribution is -0.384. The molecule has 0 spiro atoms. The molecule has 12 heteroatoms. The van der Waals surface area contributed by atoms with Crippen LogP contribution in [0.1, 0.15) is 45.5 Å². The SMILES string of the molecule is Cc1c(Cl)ccc2c(C(=O)OCC(=O)c3ccc(Cl)c([N+](=O)[O-])c3)cc(-c3ccc(N4C(=O)C5C6CCC(C6)C5C4=O)cc3)nc12. The molecule has 2 aliphatic carbocycles. The Labute approximate surface area is 272 Å². The van der Waals surface area contributed by atoms with Crippen molar-refractivity contribution in [3.8, 4) is 11.3 Å². The van der Waals surface area contributed by atoms with Crippen LogP contribution in [0.15, 0.2) is 60.7 Å². The number of rotatable bonds is 7. The first-order valence-corrected chi connectivity index (χ1v) is 15.5. The van der Waals surface area contributed by atoms with E-state index in [0.717, 1.165) is 25.3 Å². The van der Waals surface area contributed by atoms with E-state index in [1.165, 1.54) is 17.0 Å². The zero-order chi connectivity index (χ0) is 32.4. The van der Waals surface area contributed by atoms with Gasteiger partial charge in [0.15, 0.2) is 6.61 Å². The van der Waals surface area contributed by atoms with Crippen LogP contribution in [-0.2, 0) is 14.3 Å². The van der Waals surface area contributed by atoms with Crippen LogP contribution in [0.2, 0.25) is 10.0 Å². The number of amides is 2. The summed E-state index contributed by atoms with van der Waals surface area (Å²) in [5.41, 5.74) is 2.26. The minimum Gasteiger partial charge on any atom is -0.454 e. The lowest BCUT2D eigenvalue weighted by Crippen LogP contribution is -2.32. The molecule has 2 bridgehead atoms. The first-order chi connectivity index (χ1) is 22.0. The largest absolute Gasteiger partial charge is 0.454 e. The fourth-order valence-electron chi connectivity index (χ4n) is 7.28. The molecule has 2 heterocycles. The van der Waals surface area contributed by atoms with Crippen molar-refractivity contribution >= 4 is 69.0 Å². The second-order valence-corrected chi connectivity index (χ2v) is 12.8. The van der Waals surface area contributed by atoms with Crippen LogP contribution < -0.4 is 4.90 Å². The number of Topliss-reactive ketones (excluding diaryl/α,β-unsaturated/α-hetero) is 1. The number of benzene rings is 3. The van der Waals surface area contributed by atoms with Gasteiger partial charge in [-0.1, -0.05) is 41.4 Å². The Morgan fingerprint density at radius 1 is 0.957 bits per heavy atom. The molecule has 4 unspecified atom stereocenters. The normalized spacial score (nSPS) is 21.6. The molecule has 10 nitrogen and oxygen atoms in total. The average molecular weight is 658 g/mol. The van der Waals surface area contributed by atoms with Crippen LogP contribution in [0, 0.1) is 40.7 Å². The highest BCUT2D eigenvalue weighted by Crippen LogP contribution is 2.56. The molecule has 46 heavy (non-hydrogen) atoms. The van der Waals surface area contributed by atoms with Gasteiger partial charge in [0.1, 0.15) is 5.02 Å². The smallest absolute Gasteiger partial charge is 0.339 e. The number of fused-ring (bicyclic) bond motifs is 6. The Morgan fingerprint density at radius 3 is 2.26 bits per heavy atom. The number of anilines is 1. The number of hydrogen-bond acceptors (Lipinski definition) is 8. The van der Waals surface area contributed by atoms with Crippen LogP contribution in [0.25, 0.3) is 22.2 Å². The van der Waals surface area contributed by atoms with E-state index in [2.05, 4.69) is 0 Å². The molecular weight excluding hydrogens is 633 g/mol. The minimum absolute atomic E-state index is 0.0295. The van der Waals surface area contributed by atoms with Crippen molar-refractivity contribution in [2.24, 2.45) is 23.7 Å². The Hall–Kier alpha value is -4.67. The van der Waals surface area contributed by atoms with Gasteiger partial charge in [-0.2, -0.15) is 0 Å². The number of ketones is 1. The van der Waals surface area contributed by atoms with Crippen LogP contribution in [-0.4, -0.2) is 40.1 Å². The molecule has 232 valence electrons. The number of carbonyl (C=O) groups excluding carboxylic acids is 4. The van der Waals surface area contributed by atoms with Crippen LogP contribution >= 0.6 is 23.2 Å². The van der Waals surface area contributed by atoms with E-state index in [4.69, 9.17) is 32.9 Å². The number of ether oxygens (including phenoxy) is 1. The first-order valence-electron chi connectivity index (χ1n) is 14.8. The summed E-state index contributed by atoms with van der Waals surface area (Å²) in [4.78, 5) is 69.4. The Kier molecular flexibility index (Phi) is 7.37. The molecule has 4 atom stereocenters. The van der Waals surface area contributed by atoms with E-state index in [-0.39, 0.29) is 51.6 Å². The predicted octanol–water partition coefficient (Wildman–Crippen LogP) is 7.00. The van der Waals surface area contributed by atoms with E-state index >= 15 is 0 Å². The van der Waals surface area contributed by atoms with Crippen LogP contribution in [0.4, 0.5) is 11.4 Å². The molecule has 2 amide bonds. The highest BCUT2D eigenvalue weighted by atomic mass is 35.5. The van der Waals surface area contributed by atoms with Crippen molar-refractivity contribution in [1.29, 1.82) is 0 Å². The maximum Gasteiger partial charge on any atom is 0.339 e. The van der Waals surface area contributed by atoms with Gasteiger partial charge in [-0.3, -0.25) is 29.4 Å². The molecule has 7 rings (SSSR count). The molecule has 0 radical (unpaired) electrons. The fourth-order valence-corrected chi connectivity index (χ4v) is 7.62. The summed E-state index contributed by atoms with van der Waals surface area (Å²) in [6.45, 7) is 1.10. The summed E-state index contributed by atoms with van der Waals surface area (Å²) >= 11 is 12.2. The van der Waals surface area contributed by atoms with Crippen LogP contribution in [0.3, 0.4) is 0 Å². The molecule has 3 aromatic carbocycles. The van der Waals surface area contributed by atoms with Gasteiger partial charge in [0.25, 0.3) is 5.69 Å². The third-order valence-electron chi connectivity index (χ3n) is 9.54. The number of pyridine rings is 1. The summed E-state index contributed by atoms with van der Waals surface area (Å²) in [6, 6.07) is 15.3. The molecule has 1 saturated heterocycles. The molecule has 1 aliphatic heterocycles. The number of nitro groups is 1. The topological polar surface area (TPSA) is 137 Å². The number of imide groups is 1. The van der Waals surface area contributed by atoms with E-state index in [1.807, 2.05) is 0 Å². The summed E-state index contributed by atoms with van der Waals surface area (Å²) in [6.07, 6.45) is 2.95. The molecule has 4 aromatic rings. The highest BCUT2D eigenvalue weighted by molar-refractivity contribution is 6.33. The number of aromatic nitrogens is 1. The summed E-state index contributed by atoms with van der Waals surface area (Å²) in [5, 5.41) is 12.0. The number of carbonyl (C=O) groups is 4. The third kappa shape index (κ3) is 4.83. The minimum atomic E-state index is -0.807. The van der Waals surface area contributed by atoms with Crippen molar-refractivity contribution in [2.75, 3.05) is 11.5 Å². The number of nitrogens with zero attached hydrogens (tertiary/aromatic N) is 3. The number of nitro benzene ring substituents is 1. The second-order valence-electron chi connectivity index (χ2n) is 12.0. The Morgan fingerprint density at radius 2 is 1.61 bits per heavy atom. The van der Waals surface area contributed by atoms with E-state index in [0.29, 0.717) is 38.4 Å². The van der Waals surface area contributed by atoms with E-state index < -0.39 is 29.0 Å². The van der Waals surface area contributed by atoms with Gasteiger partial charge < -0.3 is 4.74 Å². The Bertz CT molecular complexity index is 1980. The summed E-state index contributed by atoms with van der Waals surface area (Å²) in [7, 11) is 0. The molecule has 3 aliphatic rings. The van der Waals surface area contributed by atoms with Gasteiger partial charge in [0.05, 0.1) is 39.2 Å². The number of hydrogen-bond donors (Lipinski definition) is 0. The van der Waals surface area contributed by atoms with Gasteiger partial charge in [-0.25, -0.2) is 9.78 Å². The monoisotopic (exact) mass is 657 g/mol. The third-order valence-corrected chi connectivity index (χ3v) is 10.3. The number of esters is 1. The van der Waals surface area contributed by atoms with Gasteiger partial charge >= 0.3 is 5.97 Å². The molecule has 1 aromatic heterocycles. The first kappa shape index (κ1) is 30.0. The number of halogens is 2. The summed E-state index contributed by atoms with van der Waals surface area (Å²) < 4.78 is 5.38. The van der Waals surface area contributed by atoms with Gasteiger partial charge in [-0.15, -0.1) is 0 Å². The lowest BCUT2D eigenvalue weighted by atomic mass is 9.81. The average Bonchev–Trinajstić information content (AvgIpc) is 3.74. The van der Waals surface area contributed by atoms with E-state index in [9.17, 15) is 29.3 Å². The maximum absolute atomic E-state index is 13.4. The molecular formula is C34H25Cl2N3O7. The molecule has 2 saturated carbocycles. The van der Waals surface area contributed by atoms with Crippen molar-refractivity contribution in [3.05, 3.63) is 97.5 Å². The van der Waals surface area contributed by atoms with Crippen LogP contribution in [0.5, 0.6) is 0 Å². The second kappa shape index (κ2) is 11.3. The highest BCUT2D eigenvalue weighted by Gasteiger charge is 2.61. The zero-order valence-corrected chi connectivity index (χ0v) is 25.9. The zero-order valence-electron chi connectivity index (χ0n) is 24.4. The Balaban J connectivity index is 1.17. The quantitative estimate of drug-likeness (QED) is 0.0681.